The molecule has 0 aliphatic heterocycles. The highest BCUT2D eigenvalue weighted by atomic mass is 32.1. The van der Waals surface area contributed by atoms with Crippen molar-refractivity contribution in [1.29, 1.82) is 0 Å². The molecule has 0 aromatic carbocycles. The molecule has 0 aliphatic carbocycles. The zero-order valence-corrected chi connectivity index (χ0v) is 11.3. The largest absolute Gasteiger partial charge is 0.319 e. The number of rotatable bonds is 5. The van der Waals surface area contributed by atoms with Gasteiger partial charge in [-0.3, -0.25) is 9.48 Å². The maximum atomic E-state index is 11.8. The molecular formula is C12H16N4OS. The number of likely N-dealkylation sites (N-methyl/N-ethyl adjacent to an activating group) is 1. The van der Waals surface area contributed by atoms with Crippen molar-refractivity contribution in [3.8, 4) is 0 Å². The van der Waals surface area contributed by atoms with Crippen LogP contribution in [0.4, 0.5) is 5.69 Å². The van der Waals surface area contributed by atoms with Gasteiger partial charge in [0, 0.05) is 12.7 Å². The first-order valence-electron chi connectivity index (χ1n) is 5.67. The first kappa shape index (κ1) is 12.8. The highest BCUT2D eigenvalue weighted by Crippen LogP contribution is 2.12. The second kappa shape index (κ2) is 5.79. The summed E-state index contributed by atoms with van der Waals surface area (Å²) in [5.41, 5.74) is 0.729. The maximum absolute atomic E-state index is 11.8. The SMILES string of the molecule is CN(C)CCn1cc(NC(=O)c2cccs2)cn1. The Labute approximate surface area is 110 Å². The van der Waals surface area contributed by atoms with Gasteiger partial charge in [-0.1, -0.05) is 6.07 Å². The number of thiophene rings is 1. The fourth-order valence-corrected chi connectivity index (χ4v) is 2.07. The van der Waals surface area contributed by atoms with Crippen LogP contribution in [0.15, 0.2) is 29.9 Å². The lowest BCUT2D eigenvalue weighted by Crippen LogP contribution is -2.18. The van der Waals surface area contributed by atoms with Crippen LogP contribution in [-0.4, -0.2) is 41.2 Å². The van der Waals surface area contributed by atoms with Crippen molar-refractivity contribution in [3.05, 3.63) is 34.8 Å². The van der Waals surface area contributed by atoms with Gasteiger partial charge in [-0.05, 0) is 25.5 Å². The molecule has 0 fully saturated rings. The Balaban J connectivity index is 1.92. The number of nitrogens with zero attached hydrogens (tertiary/aromatic N) is 3. The average Bonchev–Trinajstić information content (AvgIpc) is 2.97. The lowest BCUT2D eigenvalue weighted by molar-refractivity contribution is 0.103. The minimum atomic E-state index is -0.0860. The number of anilines is 1. The number of amides is 1. The summed E-state index contributed by atoms with van der Waals surface area (Å²) >= 11 is 1.43. The minimum absolute atomic E-state index is 0.0860. The first-order chi connectivity index (χ1) is 8.65. The van der Waals surface area contributed by atoms with Crippen LogP contribution in [0.2, 0.25) is 0 Å². The molecule has 1 N–H and O–H groups in total. The summed E-state index contributed by atoms with van der Waals surface area (Å²) in [5.74, 6) is -0.0860. The van der Waals surface area contributed by atoms with Gasteiger partial charge in [0.25, 0.3) is 5.91 Å². The van der Waals surface area contributed by atoms with E-state index in [1.165, 1.54) is 11.3 Å². The lowest BCUT2D eigenvalue weighted by atomic mass is 10.4. The quantitative estimate of drug-likeness (QED) is 0.895. The Hall–Kier alpha value is -1.66. The number of nitrogens with one attached hydrogen (secondary N) is 1. The normalized spacial score (nSPS) is 10.8. The van der Waals surface area contributed by atoms with Gasteiger partial charge in [0.1, 0.15) is 0 Å². The van der Waals surface area contributed by atoms with Crippen LogP contribution in [0.1, 0.15) is 9.67 Å². The lowest BCUT2D eigenvalue weighted by Gasteiger charge is -2.08. The molecular weight excluding hydrogens is 248 g/mol. The molecule has 0 unspecified atom stereocenters. The fourth-order valence-electron chi connectivity index (χ4n) is 1.45. The third-order valence-electron chi connectivity index (χ3n) is 2.41. The zero-order chi connectivity index (χ0) is 13.0. The van der Waals surface area contributed by atoms with E-state index < -0.39 is 0 Å². The molecule has 0 saturated heterocycles. The highest BCUT2D eigenvalue weighted by Gasteiger charge is 2.08. The number of hydrogen-bond donors (Lipinski definition) is 1. The molecule has 1 amide bonds. The molecule has 0 radical (unpaired) electrons. The van der Waals surface area contributed by atoms with Gasteiger partial charge >= 0.3 is 0 Å². The second-order valence-electron chi connectivity index (χ2n) is 4.23. The van der Waals surface area contributed by atoms with E-state index in [1.807, 2.05) is 36.4 Å². The topological polar surface area (TPSA) is 50.2 Å². The van der Waals surface area contributed by atoms with Gasteiger partial charge in [0.05, 0.1) is 23.3 Å². The summed E-state index contributed by atoms with van der Waals surface area (Å²) in [4.78, 5) is 14.6. The monoisotopic (exact) mass is 264 g/mol. The van der Waals surface area contributed by atoms with E-state index in [0.29, 0.717) is 4.88 Å². The fraction of sp³-hybridized carbons (Fsp3) is 0.333. The predicted molar refractivity (Wildman–Crippen MR) is 73.1 cm³/mol. The average molecular weight is 264 g/mol. The van der Waals surface area contributed by atoms with E-state index >= 15 is 0 Å². The molecule has 6 heteroatoms. The van der Waals surface area contributed by atoms with E-state index in [-0.39, 0.29) is 5.91 Å². The van der Waals surface area contributed by atoms with E-state index in [9.17, 15) is 4.79 Å². The Morgan fingerprint density at radius 2 is 2.39 bits per heavy atom. The van der Waals surface area contributed by atoms with Gasteiger partial charge in [-0.25, -0.2) is 0 Å². The van der Waals surface area contributed by atoms with Gasteiger partial charge in [-0.2, -0.15) is 5.10 Å². The summed E-state index contributed by atoms with van der Waals surface area (Å²) in [6, 6.07) is 3.66. The summed E-state index contributed by atoms with van der Waals surface area (Å²) in [6.45, 7) is 1.72. The van der Waals surface area contributed by atoms with Crippen LogP contribution in [-0.2, 0) is 6.54 Å². The van der Waals surface area contributed by atoms with E-state index in [2.05, 4.69) is 15.3 Å². The van der Waals surface area contributed by atoms with Gasteiger partial charge in [0.15, 0.2) is 0 Å². The molecule has 2 heterocycles. The van der Waals surface area contributed by atoms with Crippen LogP contribution in [0.5, 0.6) is 0 Å². The van der Waals surface area contributed by atoms with Gasteiger partial charge in [0.2, 0.25) is 0 Å². The molecule has 0 saturated carbocycles. The van der Waals surface area contributed by atoms with Crippen molar-refractivity contribution in [2.45, 2.75) is 6.54 Å². The Morgan fingerprint density at radius 3 is 3.06 bits per heavy atom. The van der Waals surface area contributed by atoms with Crippen LogP contribution in [0.25, 0.3) is 0 Å². The predicted octanol–water partition coefficient (Wildman–Crippen LogP) is 1.76. The smallest absolute Gasteiger partial charge is 0.265 e. The summed E-state index contributed by atoms with van der Waals surface area (Å²) in [6.07, 6.45) is 3.51. The van der Waals surface area contributed by atoms with E-state index in [1.54, 1.807) is 12.3 Å². The molecule has 0 aliphatic rings. The molecule has 0 atom stereocenters. The van der Waals surface area contributed by atoms with Crippen molar-refractivity contribution >= 4 is 22.9 Å². The van der Waals surface area contributed by atoms with Crippen molar-refractivity contribution in [1.82, 2.24) is 14.7 Å². The molecule has 2 aromatic rings. The van der Waals surface area contributed by atoms with Gasteiger partial charge < -0.3 is 10.2 Å². The van der Waals surface area contributed by atoms with Crippen LogP contribution in [0.3, 0.4) is 0 Å². The van der Waals surface area contributed by atoms with Crippen molar-refractivity contribution in [3.63, 3.8) is 0 Å². The molecule has 0 spiro atoms. The third kappa shape index (κ3) is 3.41. The maximum Gasteiger partial charge on any atom is 0.265 e. The Morgan fingerprint density at radius 1 is 1.56 bits per heavy atom. The minimum Gasteiger partial charge on any atom is -0.319 e. The molecule has 2 aromatic heterocycles. The summed E-state index contributed by atoms with van der Waals surface area (Å²) in [7, 11) is 4.03. The molecule has 2 rings (SSSR count). The molecule has 5 nitrogen and oxygen atoms in total. The van der Waals surface area contributed by atoms with Crippen molar-refractivity contribution < 1.29 is 4.79 Å². The standard InChI is InChI=1S/C12H16N4OS/c1-15(2)5-6-16-9-10(8-13-16)14-12(17)11-4-3-7-18-11/h3-4,7-9H,5-6H2,1-2H3,(H,14,17). The second-order valence-corrected chi connectivity index (χ2v) is 5.17. The zero-order valence-electron chi connectivity index (χ0n) is 10.5. The van der Waals surface area contributed by atoms with Crippen LogP contribution < -0.4 is 5.32 Å². The number of hydrogen-bond acceptors (Lipinski definition) is 4. The molecule has 0 bridgehead atoms. The number of aromatic nitrogens is 2. The van der Waals surface area contributed by atoms with Gasteiger partial charge in [-0.15, -0.1) is 11.3 Å². The van der Waals surface area contributed by atoms with E-state index in [4.69, 9.17) is 0 Å². The number of carbonyl (C=O) groups is 1. The number of carbonyl (C=O) groups excluding carboxylic acids is 1. The third-order valence-corrected chi connectivity index (χ3v) is 3.28. The summed E-state index contributed by atoms with van der Waals surface area (Å²) < 4.78 is 1.82. The van der Waals surface area contributed by atoms with E-state index in [0.717, 1.165) is 18.8 Å². The summed E-state index contributed by atoms with van der Waals surface area (Å²) in [5, 5.41) is 8.91. The van der Waals surface area contributed by atoms with Crippen molar-refractivity contribution in [2.75, 3.05) is 26.0 Å². The van der Waals surface area contributed by atoms with Crippen molar-refractivity contribution in [2.24, 2.45) is 0 Å². The van der Waals surface area contributed by atoms with Crippen LogP contribution >= 0.6 is 11.3 Å². The Kier molecular flexibility index (Phi) is 4.11. The Bertz CT molecular complexity index is 504. The first-order valence-corrected chi connectivity index (χ1v) is 6.55. The van der Waals surface area contributed by atoms with Crippen LogP contribution in [0, 0.1) is 0 Å². The molecule has 18 heavy (non-hydrogen) atoms. The molecule has 96 valence electrons. The highest BCUT2D eigenvalue weighted by molar-refractivity contribution is 7.12.